The average Bonchev–Trinajstić information content (AvgIpc) is 2.30. The van der Waals surface area contributed by atoms with Crippen LogP contribution in [0.3, 0.4) is 0 Å². The summed E-state index contributed by atoms with van der Waals surface area (Å²) in [4.78, 5) is 15.3. The van der Waals surface area contributed by atoms with Crippen LogP contribution in [-0.2, 0) is 15.4 Å². The highest BCUT2D eigenvalue weighted by atomic mass is 35.5. The van der Waals surface area contributed by atoms with Crippen LogP contribution in [0.2, 0.25) is 0 Å². The maximum atomic E-state index is 11.1. The number of nitrogens with zero attached hydrogens (tertiary/aromatic N) is 1. The molecule has 0 bridgehead atoms. The second kappa shape index (κ2) is 7.52. The summed E-state index contributed by atoms with van der Waals surface area (Å²) in [5, 5.41) is 0.901. The highest BCUT2D eigenvalue weighted by Gasteiger charge is 2.02. The molecular weight excluding hydrogens is 246 g/mol. The van der Waals surface area contributed by atoms with Gasteiger partial charge in [-0.1, -0.05) is 6.07 Å². The van der Waals surface area contributed by atoms with Gasteiger partial charge in [0, 0.05) is 17.8 Å². The molecule has 1 rings (SSSR count). The molecule has 1 aromatic rings. The molecule has 5 heteroatoms. The summed E-state index contributed by atoms with van der Waals surface area (Å²) in [6.07, 6.45) is 2.16. The Bertz CT molecular complexity index is 329. The summed E-state index contributed by atoms with van der Waals surface area (Å²) >= 11 is 7.19. The van der Waals surface area contributed by atoms with Gasteiger partial charge in [-0.15, -0.1) is 23.4 Å². The van der Waals surface area contributed by atoms with Crippen LogP contribution in [0.25, 0.3) is 0 Å². The van der Waals surface area contributed by atoms with E-state index in [1.54, 1.807) is 13.1 Å². The van der Waals surface area contributed by atoms with Crippen LogP contribution >= 0.6 is 23.4 Å². The lowest BCUT2D eigenvalue weighted by Gasteiger charge is -2.02. The van der Waals surface area contributed by atoms with E-state index in [0.717, 1.165) is 10.6 Å². The van der Waals surface area contributed by atoms with E-state index in [-0.39, 0.29) is 5.97 Å². The Morgan fingerprint density at radius 1 is 1.56 bits per heavy atom. The molecule has 0 aliphatic carbocycles. The Balaban J connectivity index is 2.29. The highest BCUT2D eigenvalue weighted by molar-refractivity contribution is 7.99. The zero-order chi connectivity index (χ0) is 11.8. The normalized spacial score (nSPS) is 10.1. The van der Waals surface area contributed by atoms with E-state index in [1.165, 1.54) is 11.8 Å². The molecule has 0 atom stereocenters. The molecule has 0 unspecified atom stereocenters. The van der Waals surface area contributed by atoms with E-state index in [0.29, 0.717) is 24.7 Å². The van der Waals surface area contributed by atoms with Crippen molar-refractivity contribution in [3.8, 4) is 0 Å². The van der Waals surface area contributed by atoms with Gasteiger partial charge in [-0.2, -0.15) is 0 Å². The summed E-state index contributed by atoms with van der Waals surface area (Å²) in [7, 11) is 0. The number of pyridine rings is 1. The van der Waals surface area contributed by atoms with Gasteiger partial charge in [0.1, 0.15) is 0 Å². The van der Waals surface area contributed by atoms with Crippen LogP contribution < -0.4 is 0 Å². The quantitative estimate of drug-likeness (QED) is 0.447. The minimum Gasteiger partial charge on any atom is -0.466 e. The number of carbonyl (C=O) groups excluding carboxylic acids is 1. The molecule has 0 spiro atoms. The summed E-state index contributed by atoms with van der Waals surface area (Å²) < 4.78 is 4.83. The fraction of sp³-hybridized carbons (Fsp3) is 0.455. The largest absolute Gasteiger partial charge is 0.466 e. The molecular formula is C11H14ClNO2S. The lowest BCUT2D eigenvalue weighted by atomic mass is 10.3. The van der Waals surface area contributed by atoms with Gasteiger partial charge in [-0.05, 0) is 18.6 Å². The lowest BCUT2D eigenvalue weighted by Crippen LogP contribution is -2.04. The zero-order valence-electron chi connectivity index (χ0n) is 9.11. The van der Waals surface area contributed by atoms with Gasteiger partial charge in [0.2, 0.25) is 0 Å². The first kappa shape index (κ1) is 13.3. The maximum Gasteiger partial charge on any atom is 0.306 e. The van der Waals surface area contributed by atoms with Gasteiger partial charge in [0.15, 0.2) is 0 Å². The fourth-order valence-corrected chi connectivity index (χ4v) is 1.97. The Kier molecular flexibility index (Phi) is 6.26. The van der Waals surface area contributed by atoms with Crippen LogP contribution in [-0.4, -0.2) is 23.3 Å². The van der Waals surface area contributed by atoms with Gasteiger partial charge >= 0.3 is 5.97 Å². The number of aromatic nitrogens is 1. The number of halogens is 1. The van der Waals surface area contributed by atoms with Gasteiger partial charge in [0.05, 0.1) is 18.1 Å². The molecule has 0 aliphatic rings. The molecule has 0 fully saturated rings. The van der Waals surface area contributed by atoms with E-state index >= 15 is 0 Å². The van der Waals surface area contributed by atoms with Gasteiger partial charge in [0.25, 0.3) is 0 Å². The molecule has 0 aliphatic heterocycles. The zero-order valence-corrected chi connectivity index (χ0v) is 10.7. The number of hydrogen-bond donors (Lipinski definition) is 0. The molecule has 0 saturated carbocycles. The molecule has 0 amide bonds. The van der Waals surface area contributed by atoms with Crippen molar-refractivity contribution in [3.63, 3.8) is 0 Å². The Hall–Kier alpha value is -0.740. The van der Waals surface area contributed by atoms with Gasteiger partial charge < -0.3 is 4.74 Å². The standard InChI is InChI=1S/C11H14ClNO2S/c1-2-15-11(14)5-6-16-10-4-3-9(7-12)8-13-10/h3-4,8H,2,5-7H2,1H3. The van der Waals surface area contributed by atoms with E-state index in [2.05, 4.69) is 4.98 Å². The summed E-state index contributed by atoms with van der Waals surface area (Å²) in [6, 6.07) is 3.85. The number of ether oxygens (including phenoxy) is 1. The molecule has 0 saturated heterocycles. The highest BCUT2D eigenvalue weighted by Crippen LogP contribution is 2.16. The van der Waals surface area contributed by atoms with Crippen LogP contribution in [0.15, 0.2) is 23.4 Å². The smallest absolute Gasteiger partial charge is 0.306 e. The van der Waals surface area contributed by atoms with Crippen molar-refractivity contribution in [2.75, 3.05) is 12.4 Å². The molecule has 16 heavy (non-hydrogen) atoms. The van der Waals surface area contributed by atoms with Crippen LogP contribution in [0.4, 0.5) is 0 Å². The Morgan fingerprint density at radius 3 is 2.94 bits per heavy atom. The van der Waals surface area contributed by atoms with Crippen molar-refractivity contribution in [3.05, 3.63) is 23.9 Å². The first-order valence-corrected chi connectivity index (χ1v) is 6.57. The molecule has 3 nitrogen and oxygen atoms in total. The Labute approximate surface area is 105 Å². The second-order valence-corrected chi connectivity index (χ2v) is 4.42. The molecule has 88 valence electrons. The average molecular weight is 260 g/mol. The van der Waals surface area contributed by atoms with Crippen molar-refractivity contribution in [1.29, 1.82) is 0 Å². The predicted octanol–water partition coefficient (Wildman–Crippen LogP) is 2.87. The minimum absolute atomic E-state index is 0.160. The minimum atomic E-state index is -0.160. The number of hydrogen-bond acceptors (Lipinski definition) is 4. The third-order valence-corrected chi connectivity index (χ3v) is 3.07. The Morgan fingerprint density at radius 2 is 2.38 bits per heavy atom. The van der Waals surface area contributed by atoms with Crippen LogP contribution in [0, 0.1) is 0 Å². The number of alkyl halides is 1. The van der Waals surface area contributed by atoms with Gasteiger partial charge in [-0.3, -0.25) is 4.79 Å². The third kappa shape index (κ3) is 4.86. The van der Waals surface area contributed by atoms with E-state index in [9.17, 15) is 4.79 Å². The molecule has 1 aromatic heterocycles. The van der Waals surface area contributed by atoms with Crippen LogP contribution in [0.5, 0.6) is 0 Å². The topological polar surface area (TPSA) is 39.2 Å². The molecule has 0 aromatic carbocycles. The van der Waals surface area contributed by atoms with Crippen molar-refractivity contribution in [1.82, 2.24) is 4.98 Å². The molecule has 1 heterocycles. The fourth-order valence-electron chi connectivity index (χ4n) is 1.05. The van der Waals surface area contributed by atoms with Crippen molar-refractivity contribution < 1.29 is 9.53 Å². The predicted molar refractivity (Wildman–Crippen MR) is 65.8 cm³/mol. The second-order valence-electron chi connectivity index (χ2n) is 3.04. The summed E-state index contributed by atoms with van der Waals surface area (Å²) in [6.45, 7) is 2.24. The summed E-state index contributed by atoms with van der Waals surface area (Å²) in [5.41, 5.74) is 0.997. The van der Waals surface area contributed by atoms with Crippen LogP contribution in [0.1, 0.15) is 18.9 Å². The van der Waals surface area contributed by atoms with Crippen molar-refractivity contribution in [2.45, 2.75) is 24.3 Å². The number of rotatable bonds is 6. The molecule has 0 N–H and O–H groups in total. The number of esters is 1. The summed E-state index contributed by atoms with van der Waals surface area (Å²) in [5.74, 6) is 1.000. The first-order chi connectivity index (χ1) is 7.76. The van der Waals surface area contributed by atoms with E-state index in [4.69, 9.17) is 16.3 Å². The molecule has 0 radical (unpaired) electrons. The number of thioether (sulfide) groups is 1. The lowest BCUT2D eigenvalue weighted by molar-refractivity contribution is -0.142. The maximum absolute atomic E-state index is 11.1. The monoisotopic (exact) mass is 259 g/mol. The van der Waals surface area contributed by atoms with Gasteiger partial charge in [-0.25, -0.2) is 4.98 Å². The third-order valence-electron chi connectivity index (χ3n) is 1.81. The van der Waals surface area contributed by atoms with Crippen molar-refractivity contribution >= 4 is 29.3 Å². The number of carbonyl (C=O) groups is 1. The first-order valence-electron chi connectivity index (χ1n) is 5.05. The SMILES string of the molecule is CCOC(=O)CCSc1ccc(CCl)cn1. The van der Waals surface area contributed by atoms with E-state index in [1.807, 2.05) is 12.1 Å². The van der Waals surface area contributed by atoms with Crippen molar-refractivity contribution in [2.24, 2.45) is 0 Å². The van der Waals surface area contributed by atoms with E-state index < -0.39 is 0 Å².